The van der Waals surface area contributed by atoms with Gasteiger partial charge in [0.05, 0.1) is 3.57 Å². The number of phenols is 1. The molecule has 0 aromatic heterocycles. The van der Waals surface area contributed by atoms with Crippen LogP contribution in [0.1, 0.15) is 20.8 Å². The molecule has 0 saturated carbocycles. The average molecular weight is 292 g/mol. The van der Waals surface area contributed by atoms with Crippen molar-refractivity contribution in [2.24, 2.45) is 0 Å². The minimum atomic E-state index is -0.223. The molecule has 1 rings (SSSR count). The summed E-state index contributed by atoms with van der Waals surface area (Å²) in [6, 6.07) is 5.32. The number of rotatable bonds is 1. The van der Waals surface area contributed by atoms with Crippen LogP contribution in [0.4, 0.5) is 0 Å². The highest BCUT2D eigenvalue weighted by atomic mass is 127. The van der Waals surface area contributed by atoms with Crippen LogP contribution in [0.5, 0.6) is 11.5 Å². The molecule has 1 N–H and O–H groups in total. The molecule has 0 saturated heterocycles. The summed E-state index contributed by atoms with van der Waals surface area (Å²) in [7, 11) is 0. The highest BCUT2D eigenvalue weighted by Crippen LogP contribution is 2.26. The molecule has 1 aromatic rings. The molecule has 0 bridgehead atoms. The van der Waals surface area contributed by atoms with Crippen molar-refractivity contribution in [1.29, 1.82) is 0 Å². The van der Waals surface area contributed by atoms with Crippen LogP contribution in [0.25, 0.3) is 0 Å². The lowest BCUT2D eigenvalue weighted by molar-refractivity contribution is 0.130. The molecule has 0 spiro atoms. The Hall–Kier alpha value is -0.450. The maximum absolute atomic E-state index is 9.41. The molecular weight excluding hydrogens is 279 g/mol. The first-order valence-electron chi connectivity index (χ1n) is 4.06. The van der Waals surface area contributed by atoms with Crippen LogP contribution in [-0.2, 0) is 0 Å². The van der Waals surface area contributed by atoms with Crippen molar-refractivity contribution in [3.8, 4) is 11.5 Å². The lowest BCUT2D eigenvalue weighted by Crippen LogP contribution is -2.22. The molecule has 72 valence electrons. The number of halogens is 1. The van der Waals surface area contributed by atoms with Crippen LogP contribution in [-0.4, -0.2) is 10.7 Å². The Kier molecular flexibility index (Phi) is 3.05. The number of benzene rings is 1. The first kappa shape index (κ1) is 10.6. The molecule has 0 atom stereocenters. The molecule has 0 aliphatic carbocycles. The van der Waals surface area contributed by atoms with Crippen LogP contribution >= 0.6 is 22.6 Å². The molecular formula is C10H13IO2. The summed E-state index contributed by atoms with van der Waals surface area (Å²) < 4.78 is 6.41. The van der Waals surface area contributed by atoms with Crippen molar-refractivity contribution in [1.82, 2.24) is 0 Å². The third-order valence-corrected chi connectivity index (χ3v) is 2.25. The van der Waals surface area contributed by atoms with Crippen LogP contribution in [0.3, 0.4) is 0 Å². The Morgan fingerprint density at radius 3 is 2.38 bits per heavy atom. The van der Waals surface area contributed by atoms with Gasteiger partial charge in [0.25, 0.3) is 0 Å². The van der Waals surface area contributed by atoms with Crippen molar-refractivity contribution >= 4 is 22.6 Å². The molecule has 13 heavy (non-hydrogen) atoms. The second-order valence-corrected chi connectivity index (χ2v) is 4.99. The number of ether oxygens (including phenoxy) is 1. The van der Waals surface area contributed by atoms with E-state index >= 15 is 0 Å². The summed E-state index contributed by atoms with van der Waals surface area (Å²) >= 11 is 2.07. The van der Waals surface area contributed by atoms with Gasteiger partial charge in [0.15, 0.2) is 0 Å². The van der Waals surface area contributed by atoms with Gasteiger partial charge in [-0.1, -0.05) is 0 Å². The van der Waals surface area contributed by atoms with Crippen molar-refractivity contribution in [3.05, 3.63) is 21.8 Å². The van der Waals surface area contributed by atoms with E-state index in [9.17, 15) is 5.11 Å². The second-order valence-electron chi connectivity index (χ2n) is 3.83. The van der Waals surface area contributed by atoms with E-state index in [4.69, 9.17) is 4.74 Å². The Balaban J connectivity index is 2.86. The average Bonchev–Trinajstić information content (AvgIpc) is 1.94. The van der Waals surface area contributed by atoms with Gasteiger partial charge in [0.1, 0.15) is 17.1 Å². The lowest BCUT2D eigenvalue weighted by Gasteiger charge is -2.21. The van der Waals surface area contributed by atoms with Gasteiger partial charge in [-0.2, -0.15) is 0 Å². The van der Waals surface area contributed by atoms with Crippen molar-refractivity contribution in [2.45, 2.75) is 26.4 Å². The van der Waals surface area contributed by atoms with E-state index < -0.39 is 0 Å². The van der Waals surface area contributed by atoms with Gasteiger partial charge in [-0.25, -0.2) is 0 Å². The fraction of sp³-hybridized carbons (Fsp3) is 0.400. The highest BCUT2D eigenvalue weighted by Gasteiger charge is 2.12. The van der Waals surface area contributed by atoms with Crippen LogP contribution in [0.2, 0.25) is 0 Å². The smallest absolute Gasteiger partial charge is 0.132 e. The Morgan fingerprint density at radius 2 is 1.92 bits per heavy atom. The summed E-state index contributed by atoms with van der Waals surface area (Å²) in [6.45, 7) is 5.92. The second kappa shape index (κ2) is 3.74. The monoisotopic (exact) mass is 292 g/mol. The highest BCUT2D eigenvalue weighted by molar-refractivity contribution is 14.1. The zero-order valence-electron chi connectivity index (χ0n) is 7.97. The van der Waals surface area contributed by atoms with Gasteiger partial charge in [0.2, 0.25) is 0 Å². The molecule has 0 aliphatic rings. The maximum Gasteiger partial charge on any atom is 0.132 e. The maximum atomic E-state index is 9.41. The number of phenolic OH excluding ortho intramolecular Hbond substituents is 1. The third-order valence-electron chi connectivity index (χ3n) is 1.34. The minimum Gasteiger partial charge on any atom is -0.507 e. The third kappa shape index (κ3) is 3.42. The first-order valence-corrected chi connectivity index (χ1v) is 5.14. The summed E-state index contributed by atoms with van der Waals surface area (Å²) in [5.74, 6) is 0.966. The van der Waals surface area contributed by atoms with Crippen LogP contribution in [0, 0.1) is 3.57 Å². The predicted octanol–water partition coefficient (Wildman–Crippen LogP) is 3.17. The van der Waals surface area contributed by atoms with Gasteiger partial charge >= 0.3 is 0 Å². The molecule has 2 nitrogen and oxygen atoms in total. The zero-order valence-corrected chi connectivity index (χ0v) is 10.1. The van der Waals surface area contributed by atoms with E-state index in [0.29, 0.717) is 5.75 Å². The molecule has 3 heteroatoms. The topological polar surface area (TPSA) is 29.5 Å². The van der Waals surface area contributed by atoms with Crippen molar-refractivity contribution in [2.75, 3.05) is 0 Å². The standard InChI is InChI=1S/C10H13IO2/c1-10(2,3)13-7-4-5-8(11)9(12)6-7/h4-6,12H,1-3H3. The largest absolute Gasteiger partial charge is 0.507 e. The Bertz CT molecular complexity index is 302. The van der Waals surface area contributed by atoms with Crippen molar-refractivity contribution < 1.29 is 9.84 Å². The number of aromatic hydroxyl groups is 1. The van der Waals surface area contributed by atoms with Gasteiger partial charge in [0, 0.05) is 6.07 Å². The molecule has 0 heterocycles. The fourth-order valence-corrected chi connectivity index (χ4v) is 1.25. The Morgan fingerprint density at radius 1 is 1.31 bits per heavy atom. The summed E-state index contributed by atoms with van der Waals surface area (Å²) in [4.78, 5) is 0. The lowest BCUT2D eigenvalue weighted by atomic mass is 10.2. The summed E-state index contributed by atoms with van der Waals surface area (Å²) in [5, 5.41) is 9.41. The molecule has 0 radical (unpaired) electrons. The first-order chi connectivity index (χ1) is 5.88. The van der Waals surface area contributed by atoms with E-state index in [1.165, 1.54) is 0 Å². The quantitative estimate of drug-likeness (QED) is 0.806. The molecule has 0 fully saturated rings. The van der Waals surface area contributed by atoms with E-state index in [2.05, 4.69) is 22.6 Å². The zero-order chi connectivity index (χ0) is 10.1. The molecule has 0 amide bonds. The van der Waals surface area contributed by atoms with Gasteiger partial charge < -0.3 is 9.84 Å². The molecule has 0 unspecified atom stereocenters. The van der Waals surface area contributed by atoms with E-state index in [-0.39, 0.29) is 11.4 Å². The van der Waals surface area contributed by atoms with Gasteiger partial charge in [-0.3, -0.25) is 0 Å². The minimum absolute atomic E-state index is 0.223. The van der Waals surface area contributed by atoms with Gasteiger partial charge in [-0.05, 0) is 55.5 Å². The van der Waals surface area contributed by atoms with E-state index in [1.54, 1.807) is 6.07 Å². The normalized spacial score (nSPS) is 11.4. The fourth-order valence-electron chi connectivity index (χ4n) is 0.910. The molecule has 0 aliphatic heterocycles. The predicted molar refractivity (Wildman–Crippen MR) is 61.2 cm³/mol. The van der Waals surface area contributed by atoms with Crippen molar-refractivity contribution in [3.63, 3.8) is 0 Å². The van der Waals surface area contributed by atoms with E-state index in [1.807, 2.05) is 32.9 Å². The number of hydrogen-bond donors (Lipinski definition) is 1. The van der Waals surface area contributed by atoms with Gasteiger partial charge in [-0.15, -0.1) is 0 Å². The van der Waals surface area contributed by atoms with E-state index in [0.717, 1.165) is 3.57 Å². The summed E-state index contributed by atoms with van der Waals surface area (Å²) in [6.07, 6.45) is 0. The number of hydrogen-bond acceptors (Lipinski definition) is 2. The summed E-state index contributed by atoms with van der Waals surface area (Å²) in [5.41, 5.74) is -0.223. The van der Waals surface area contributed by atoms with Crippen LogP contribution in [0.15, 0.2) is 18.2 Å². The SMILES string of the molecule is CC(C)(C)Oc1ccc(I)c(O)c1. The Labute approximate surface area is 92.1 Å². The van der Waals surface area contributed by atoms with Crippen LogP contribution < -0.4 is 4.74 Å². The molecule has 1 aromatic carbocycles.